The van der Waals surface area contributed by atoms with E-state index in [9.17, 15) is 74.6 Å². The lowest BCUT2D eigenvalue weighted by atomic mass is 9.88. The number of benzene rings is 1. The summed E-state index contributed by atoms with van der Waals surface area (Å²) in [4.78, 5) is 0. The second kappa shape index (κ2) is 10.3. The van der Waals surface area contributed by atoms with Crippen LogP contribution in [0.15, 0.2) is 24.3 Å². The molecule has 38 heavy (non-hydrogen) atoms. The van der Waals surface area contributed by atoms with Crippen molar-refractivity contribution in [3.63, 3.8) is 0 Å². The maximum atomic E-state index is 13.8. The van der Waals surface area contributed by atoms with Gasteiger partial charge in [0.15, 0.2) is 0 Å². The van der Waals surface area contributed by atoms with Gasteiger partial charge in [-0.25, -0.2) is 0 Å². The molecule has 0 fully saturated rings. The minimum atomic E-state index is -8.64. The fourth-order valence-corrected chi connectivity index (χ4v) is 2.50. The molecule has 0 unspecified atom stereocenters. The van der Waals surface area contributed by atoms with Gasteiger partial charge in [-0.2, -0.15) is 74.6 Å². The Kier molecular flexibility index (Phi) is 9.13. The summed E-state index contributed by atoms with van der Waals surface area (Å²) in [6, 6.07) is 4.28. The second-order valence-corrected chi connectivity index (χ2v) is 7.57. The maximum absolute atomic E-state index is 13.8. The number of hydrogen-bond acceptors (Lipinski definition) is 2. The minimum absolute atomic E-state index is 0.201. The van der Waals surface area contributed by atoms with Crippen LogP contribution in [0.5, 0.6) is 11.5 Å². The zero-order valence-corrected chi connectivity index (χ0v) is 18.4. The molecule has 0 aromatic heterocycles. The van der Waals surface area contributed by atoms with Crippen molar-refractivity contribution in [3.8, 4) is 11.5 Å². The summed E-state index contributed by atoms with van der Waals surface area (Å²) >= 11 is 0. The van der Waals surface area contributed by atoms with Gasteiger partial charge in [0.2, 0.25) is 0 Å². The largest absolute Gasteiger partial charge is 0.494 e. The van der Waals surface area contributed by atoms with Crippen LogP contribution < -0.4 is 9.47 Å². The van der Waals surface area contributed by atoms with Gasteiger partial charge >= 0.3 is 47.6 Å². The molecule has 0 atom stereocenters. The number of halogens is 17. The number of hydrogen-bond donors (Lipinski definition) is 0. The van der Waals surface area contributed by atoms with Gasteiger partial charge < -0.3 is 9.47 Å². The van der Waals surface area contributed by atoms with Crippen molar-refractivity contribution < 1.29 is 84.1 Å². The standard InChI is InChI=1S/C19H15F17O2/c1-2-8-37-10-3-5-11(6-4-10)38-9-7-12(20,21)13(22,23)14(24,25)15(26,27)16(28,29)17(30,31)18(32,33)19(34,35)36/h3-6H,2,7-9H2,1H3. The zero-order chi connectivity index (χ0) is 30.2. The van der Waals surface area contributed by atoms with Gasteiger partial charge in [0, 0.05) is 0 Å². The molecule has 0 aliphatic carbocycles. The van der Waals surface area contributed by atoms with Gasteiger partial charge in [-0.15, -0.1) is 0 Å². The third kappa shape index (κ3) is 5.37. The fraction of sp³-hybridized carbons (Fsp3) is 0.684. The monoisotopic (exact) mass is 598 g/mol. The number of alkyl halides is 17. The topological polar surface area (TPSA) is 18.5 Å². The van der Waals surface area contributed by atoms with E-state index in [1.165, 1.54) is 0 Å². The first-order valence-corrected chi connectivity index (χ1v) is 9.83. The first-order valence-electron chi connectivity index (χ1n) is 9.83. The van der Waals surface area contributed by atoms with Crippen LogP contribution in [-0.2, 0) is 0 Å². The summed E-state index contributed by atoms with van der Waals surface area (Å²) in [5.74, 6) is -56.6. The molecule has 0 amide bonds. The highest BCUT2D eigenvalue weighted by Gasteiger charge is 2.95. The molecule has 19 heteroatoms. The van der Waals surface area contributed by atoms with E-state index in [0.717, 1.165) is 24.3 Å². The quantitative estimate of drug-likeness (QED) is 0.213. The molecular formula is C19H15F17O2. The van der Waals surface area contributed by atoms with Crippen molar-refractivity contribution in [3.05, 3.63) is 24.3 Å². The average molecular weight is 598 g/mol. The lowest BCUT2D eigenvalue weighted by molar-refractivity contribution is -0.461. The van der Waals surface area contributed by atoms with Crippen LogP contribution in [0.4, 0.5) is 74.6 Å². The zero-order valence-electron chi connectivity index (χ0n) is 18.4. The molecule has 0 spiro atoms. The van der Waals surface area contributed by atoms with Crippen LogP contribution in [-0.4, -0.2) is 60.8 Å². The Hall–Kier alpha value is -2.37. The predicted octanol–water partition coefficient (Wildman–Crippen LogP) is 8.25. The number of rotatable bonds is 13. The van der Waals surface area contributed by atoms with E-state index in [1.54, 1.807) is 6.92 Å². The SMILES string of the molecule is CCCOc1ccc(OCCC(F)(F)C(F)(F)C(F)(F)C(F)(F)C(F)(F)C(F)(F)C(F)(F)C(F)(F)F)cc1. The van der Waals surface area contributed by atoms with E-state index in [-0.39, 0.29) is 12.4 Å². The third-order valence-electron chi connectivity index (χ3n) is 4.77. The smallest absolute Gasteiger partial charge is 0.460 e. The van der Waals surface area contributed by atoms with Gasteiger partial charge in [-0.05, 0) is 30.7 Å². The Morgan fingerprint density at radius 1 is 0.474 bits per heavy atom. The molecule has 0 heterocycles. The van der Waals surface area contributed by atoms with Crippen molar-refractivity contribution in [2.75, 3.05) is 13.2 Å². The molecular weight excluding hydrogens is 583 g/mol. The van der Waals surface area contributed by atoms with Gasteiger partial charge in [-0.1, -0.05) is 6.92 Å². The summed E-state index contributed by atoms with van der Waals surface area (Å²) in [7, 11) is 0. The minimum Gasteiger partial charge on any atom is -0.494 e. The van der Waals surface area contributed by atoms with Crippen molar-refractivity contribution in [1.29, 1.82) is 0 Å². The molecule has 0 N–H and O–H groups in total. The van der Waals surface area contributed by atoms with Crippen LogP contribution >= 0.6 is 0 Å². The second-order valence-electron chi connectivity index (χ2n) is 7.57. The lowest BCUT2D eigenvalue weighted by Gasteiger charge is -2.42. The molecule has 0 aliphatic heterocycles. The average Bonchev–Trinajstić information content (AvgIpc) is 2.76. The highest BCUT2D eigenvalue weighted by Crippen LogP contribution is 2.64. The molecule has 1 aromatic carbocycles. The third-order valence-corrected chi connectivity index (χ3v) is 4.77. The van der Waals surface area contributed by atoms with Crippen LogP contribution in [0.1, 0.15) is 19.8 Å². The Labute approximate surface area is 201 Å². The van der Waals surface area contributed by atoms with Crippen molar-refractivity contribution in [1.82, 2.24) is 0 Å². The molecule has 0 aliphatic rings. The Morgan fingerprint density at radius 3 is 1.13 bits per heavy atom. The van der Waals surface area contributed by atoms with Gasteiger partial charge in [0.1, 0.15) is 11.5 Å². The van der Waals surface area contributed by atoms with Gasteiger partial charge in [0.25, 0.3) is 0 Å². The first kappa shape index (κ1) is 33.7. The molecule has 0 radical (unpaired) electrons. The normalized spacial score (nSPS) is 15.0. The Morgan fingerprint density at radius 2 is 0.789 bits per heavy atom. The van der Waals surface area contributed by atoms with E-state index in [2.05, 4.69) is 4.74 Å². The van der Waals surface area contributed by atoms with E-state index >= 15 is 0 Å². The van der Waals surface area contributed by atoms with E-state index < -0.39 is 66.4 Å². The van der Waals surface area contributed by atoms with Crippen molar-refractivity contribution in [2.45, 2.75) is 67.4 Å². The molecule has 0 bridgehead atoms. The van der Waals surface area contributed by atoms with Gasteiger partial charge in [0.05, 0.1) is 19.6 Å². The van der Waals surface area contributed by atoms with Crippen LogP contribution in [0.2, 0.25) is 0 Å². The highest BCUT2D eigenvalue weighted by molar-refractivity contribution is 5.31. The van der Waals surface area contributed by atoms with E-state index in [4.69, 9.17) is 4.74 Å². The predicted molar refractivity (Wildman–Crippen MR) is 93.0 cm³/mol. The first-order chi connectivity index (χ1) is 16.8. The molecule has 0 saturated heterocycles. The van der Waals surface area contributed by atoms with Crippen molar-refractivity contribution >= 4 is 0 Å². The lowest BCUT2D eigenvalue weighted by Crippen LogP contribution is -2.74. The molecule has 2 nitrogen and oxygen atoms in total. The Balaban J connectivity index is 3.22. The maximum Gasteiger partial charge on any atom is 0.460 e. The summed E-state index contributed by atoms with van der Waals surface area (Å²) in [6.45, 7) is 0.259. The molecule has 1 rings (SSSR count). The summed E-state index contributed by atoms with van der Waals surface area (Å²) in [5.41, 5.74) is 0. The summed E-state index contributed by atoms with van der Waals surface area (Å²) in [6.07, 6.45) is -9.88. The Bertz CT molecular complexity index is 922. The summed E-state index contributed by atoms with van der Waals surface area (Å²) < 4.78 is 234. The summed E-state index contributed by atoms with van der Waals surface area (Å²) in [5, 5.41) is 0. The highest BCUT2D eigenvalue weighted by atomic mass is 19.4. The van der Waals surface area contributed by atoms with Crippen LogP contribution in [0, 0.1) is 0 Å². The number of ether oxygens (including phenoxy) is 2. The van der Waals surface area contributed by atoms with Crippen molar-refractivity contribution in [2.24, 2.45) is 0 Å². The fourth-order valence-electron chi connectivity index (χ4n) is 2.50. The van der Waals surface area contributed by atoms with E-state index in [0.29, 0.717) is 6.42 Å². The molecule has 0 saturated carbocycles. The van der Waals surface area contributed by atoms with Gasteiger partial charge in [-0.3, -0.25) is 0 Å². The van der Waals surface area contributed by atoms with Crippen LogP contribution in [0.3, 0.4) is 0 Å². The molecule has 222 valence electrons. The van der Waals surface area contributed by atoms with Crippen LogP contribution in [0.25, 0.3) is 0 Å². The van der Waals surface area contributed by atoms with E-state index in [1.807, 2.05) is 0 Å². The molecule has 1 aromatic rings.